The average molecular weight is 408 g/mol. The van der Waals surface area contributed by atoms with Gasteiger partial charge in [-0.3, -0.25) is 4.57 Å². The molecule has 0 bridgehead atoms. The zero-order valence-corrected chi connectivity index (χ0v) is 18.7. The molecular weight excluding hydrogens is 361 g/mol. The van der Waals surface area contributed by atoms with Crippen LogP contribution in [0.15, 0.2) is 0 Å². The molecule has 0 aliphatic heterocycles. The number of unbranched alkanes of at least 4 members (excludes halogenated alkanes) is 12. The van der Waals surface area contributed by atoms with E-state index in [1.165, 1.54) is 70.6 Å². The number of aliphatic hydroxyl groups excluding tert-OH is 1. The third kappa shape index (κ3) is 22.2. The maximum Gasteiger partial charge on any atom is 0.325 e. The van der Waals surface area contributed by atoms with E-state index in [9.17, 15) is 4.57 Å². The van der Waals surface area contributed by atoms with Gasteiger partial charge in [0.25, 0.3) is 0 Å². The number of rotatable bonds is 21. The minimum absolute atomic E-state index is 0.0258. The molecule has 3 N–H and O–H groups in total. The van der Waals surface area contributed by atoms with Crippen LogP contribution < -0.4 is 0 Å². The lowest BCUT2D eigenvalue weighted by Crippen LogP contribution is -2.28. The van der Waals surface area contributed by atoms with Crippen molar-refractivity contribution in [3.63, 3.8) is 0 Å². The van der Waals surface area contributed by atoms with Gasteiger partial charge < -0.3 is 19.8 Å². The van der Waals surface area contributed by atoms with Gasteiger partial charge in [-0.15, -0.1) is 0 Å². The van der Waals surface area contributed by atoms with Gasteiger partial charge in [0, 0.05) is 6.61 Å². The smallest absolute Gasteiger partial charge is 0.325 e. The van der Waals surface area contributed by atoms with E-state index in [0.29, 0.717) is 6.42 Å². The van der Waals surface area contributed by atoms with Crippen molar-refractivity contribution in [1.82, 2.24) is 4.90 Å². The standard InChI is InChI=1S/C21H46NO4P/c1-2-3-4-5-6-7-8-9-10-11-12-13-17-22(18-14-15-20-23)19-16-21-27(24,25)26/h23H,2-21H2,1H3,(H2,24,25,26). The van der Waals surface area contributed by atoms with Crippen molar-refractivity contribution in [2.24, 2.45) is 0 Å². The molecule has 0 amide bonds. The quantitative estimate of drug-likeness (QED) is 0.177. The van der Waals surface area contributed by atoms with E-state index < -0.39 is 7.60 Å². The number of nitrogens with zero attached hydrogens (tertiary/aromatic N) is 1. The van der Waals surface area contributed by atoms with E-state index >= 15 is 0 Å². The van der Waals surface area contributed by atoms with Gasteiger partial charge in [-0.05, 0) is 45.3 Å². The summed E-state index contributed by atoms with van der Waals surface area (Å²) in [5.74, 6) is 0. The predicted molar refractivity (Wildman–Crippen MR) is 115 cm³/mol. The number of hydrogen-bond acceptors (Lipinski definition) is 3. The summed E-state index contributed by atoms with van der Waals surface area (Å²) in [5, 5.41) is 8.93. The van der Waals surface area contributed by atoms with Crippen LogP contribution in [0.4, 0.5) is 0 Å². The maximum absolute atomic E-state index is 11.0. The van der Waals surface area contributed by atoms with Crippen molar-refractivity contribution >= 4 is 7.60 Å². The molecule has 0 saturated carbocycles. The fraction of sp³-hybridized carbons (Fsp3) is 1.00. The largest absolute Gasteiger partial charge is 0.396 e. The lowest BCUT2D eigenvalue weighted by atomic mass is 10.1. The first kappa shape index (κ1) is 27.1. The van der Waals surface area contributed by atoms with Crippen LogP contribution in [0.2, 0.25) is 0 Å². The number of aliphatic hydroxyl groups is 1. The zero-order valence-electron chi connectivity index (χ0n) is 17.8. The fourth-order valence-corrected chi connectivity index (χ4v) is 4.01. The molecule has 0 atom stereocenters. The molecule has 0 rings (SSSR count). The molecule has 5 nitrogen and oxygen atoms in total. The highest BCUT2D eigenvalue weighted by Crippen LogP contribution is 2.34. The Kier molecular flexibility index (Phi) is 19.4. The van der Waals surface area contributed by atoms with E-state index in [1.807, 2.05) is 0 Å². The van der Waals surface area contributed by atoms with E-state index in [2.05, 4.69) is 11.8 Å². The van der Waals surface area contributed by atoms with Crippen molar-refractivity contribution < 1.29 is 19.5 Å². The monoisotopic (exact) mass is 407 g/mol. The van der Waals surface area contributed by atoms with E-state index in [-0.39, 0.29) is 12.8 Å². The molecule has 164 valence electrons. The Balaban J connectivity index is 3.62. The molecule has 0 saturated heterocycles. The van der Waals surface area contributed by atoms with Crippen LogP contribution in [0.1, 0.15) is 103 Å². The third-order valence-electron chi connectivity index (χ3n) is 5.13. The predicted octanol–water partition coefficient (Wildman–Crippen LogP) is 5.33. The van der Waals surface area contributed by atoms with Gasteiger partial charge in [0.1, 0.15) is 0 Å². The van der Waals surface area contributed by atoms with Crippen LogP contribution in [0, 0.1) is 0 Å². The van der Waals surface area contributed by atoms with Gasteiger partial charge in [0.05, 0.1) is 6.16 Å². The highest BCUT2D eigenvalue weighted by molar-refractivity contribution is 7.51. The second-order valence-corrected chi connectivity index (χ2v) is 9.68. The van der Waals surface area contributed by atoms with Crippen molar-refractivity contribution in [2.75, 3.05) is 32.4 Å². The summed E-state index contributed by atoms with van der Waals surface area (Å²) in [6, 6.07) is 0. The third-order valence-corrected chi connectivity index (χ3v) is 6.03. The lowest BCUT2D eigenvalue weighted by molar-refractivity contribution is 0.237. The minimum Gasteiger partial charge on any atom is -0.396 e. The Hall–Kier alpha value is 0.0700. The first-order valence-corrected chi connectivity index (χ1v) is 13.2. The second kappa shape index (κ2) is 19.4. The molecule has 0 unspecified atom stereocenters. The highest BCUT2D eigenvalue weighted by Gasteiger charge is 2.13. The molecule has 0 aliphatic rings. The summed E-state index contributed by atoms with van der Waals surface area (Å²) in [5.41, 5.74) is 0. The lowest BCUT2D eigenvalue weighted by Gasteiger charge is -2.22. The maximum atomic E-state index is 11.0. The summed E-state index contributed by atoms with van der Waals surface area (Å²) >= 11 is 0. The summed E-state index contributed by atoms with van der Waals surface area (Å²) in [6.07, 6.45) is 18.3. The summed E-state index contributed by atoms with van der Waals surface area (Å²) < 4.78 is 11.0. The molecule has 0 heterocycles. The van der Waals surface area contributed by atoms with Crippen molar-refractivity contribution in [3.05, 3.63) is 0 Å². The molecule has 6 heteroatoms. The molecule has 0 aromatic rings. The summed E-state index contributed by atoms with van der Waals surface area (Å²) in [4.78, 5) is 20.3. The zero-order chi connectivity index (χ0) is 20.2. The average Bonchev–Trinajstić information content (AvgIpc) is 2.61. The van der Waals surface area contributed by atoms with Crippen LogP contribution in [0.5, 0.6) is 0 Å². The first-order valence-electron chi connectivity index (χ1n) is 11.4. The van der Waals surface area contributed by atoms with Gasteiger partial charge in [-0.25, -0.2) is 0 Å². The van der Waals surface area contributed by atoms with Crippen LogP contribution in [0.25, 0.3) is 0 Å². The fourth-order valence-electron chi connectivity index (χ4n) is 3.46. The van der Waals surface area contributed by atoms with Crippen molar-refractivity contribution in [1.29, 1.82) is 0 Å². The minimum atomic E-state index is -3.88. The SMILES string of the molecule is CCCCCCCCCCCCCCN(CCCCO)CCCP(=O)(O)O. The molecule has 0 aromatic carbocycles. The molecule has 0 fully saturated rings. The van der Waals surface area contributed by atoms with E-state index in [4.69, 9.17) is 14.9 Å². The molecular formula is C21H46NO4P. The molecule has 27 heavy (non-hydrogen) atoms. The van der Waals surface area contributed by atoms with Gasteiger partial charge in [-0.2, -0.15) is 0 Å². The van der Waals surface area contributed by atoms with Gasteiger partial charge in [0.15, 0.2) is 0 Å². The van der Waals surface area contributed by atoms with E-state index in [1.54, 1.807) is 0 Å². The first-order chi connectivity index (χ1) is 13.0. The molecule has 0 aliphatic carbocycles. The topological polar surface area (TPSA) is 81.0 Å². The summed E-state index contributed by atoms with van der Waals surface area (Å²) in [6.45, 7) is 5.14. The Labute approximate surface area is 168 Å². The van der Waals surface area contributed by atoms with E-state index in [0.717, 1.165) is 38.9 Å². The normalized spacial score (nSPS) is 12.2. The molecule has 0 aromatic heterocycles. The highest BCUT2D eigenvalue weighted by atomic mass is 31.2. The Bertz CT molecular complexity index is 349. The Morgan fingerprint density at radius 1 is 0.630 bits per heavy atom. The van der Waals surface area contributed by atoms with Crippen LogP contribution >= 0.6 is 7.60 Å². The second-order valence-electron chi connectivity index (χ2n) is 7.90. The summed E-state index contributed by atoms with van der Waals surface area (Å²) in [7, 11) is -3.88. The Morgan fingerprint density at radius 3 is 1.48 bits per heavy atom. The number of hydrogen-bond donors (Lipinski definition) is 3. The Morgan fingerprint density at radius 2 is 1.04 bits per heavy atom. The molecule has 0 radical (unpaired) electrons. The van der Waals surface area contributed by atoms with Crippen LogP contribution in [0.3, 0.4) is 0 Å². The molecule has 0 spiro atoms. The van der Waals surface area contributed by atoms with Crippen molar-refractivity contribution in [2.45, 2.75) is 103 Å². The van der Waals surface area contributed by atoms with Crippen molar-refractivity contribution in [3.8, 4) is 0 Å². The van der Waals surface area contributed by atoms with Crippen LogP contribution in [-0.4, -0.2) is 52.2 Å². The van der Waals surface area contributed by atoms with Gasteiger partial charge in [0.2, 0.25) is 0 Å². The van der Waals surface area contributed by atoms with Crippen LogP contribution in [-0.2, 0) is 4.57 Å². The van der Waals surface area contributed by atoms with Gasteiger partial charge in [-0.1, -0.05) is 77.6 Å². The van der Waals surface area contributed by atoms with Gasteiger partial charge >= 0.3 is 7.60 Å².